The fraction of sp³-hybridized carbons (Fsp3) is 0.750. The maximum Gasteiger partial charge on any atom is 0.326 e. The van der Waals surface area contributed by atoms with Crippen LogP contribution in [0.5, 0.6) is 0 Å². The van der Waals surface area contributed by atoms with Crippen molar-refractivity contribution in [1.82, 2.24) is 9.55 Å². The van der Waals surface area contributed by atoms with Gasteiger partial charge in [0.15, 0.2) is 5.12 Å². The van der Waals surface area contributed by atoms with Crippen molar-refractivity contribution in [2.45, 2.75) is 73.3 Å². The fourth-order valence-corrected chi connectivity index (χ4v) is 4.42. The zero-order valence-electron chi connectivity index (χ0n) is 16.8. The van der Waals surface area contributed by atoms with Crippen molar-refractivity contribution in [3.8, 4) is 0 Å². The molecule has 0 aliphatic heterocycles. The lowest BCUT2D eigenvalue weighted by Gasteiger charge is -2.33. The minimum Gasteiger partial charge on any atom is -0.301 e. The summed E-state index contributed by atoms with van der Waals surface area (Å²) in [7, 11) is 0. The molecule has 1 heterocycles. The van der Waals surface area contributed by atoms with Crippen LogP contribution in [0.25, 0.3) is 0 Å². The van der Waals surface area contributed by atoms with E-state index >= 15 is 0 Å². The Kier molecular flexibility index (Phi) is 9.86. The van der Waals surface area contributed by atoms with E-state index in [1.54, 1.807) is 16.8 Å². The van der Waals surface area contributed by atoms with Gasteiger partial charge in [-0.25, -0.2) is 4.79 Å². The fourth-order valence-electron chi connectivity index (χ4n) is 3.09. The van der Waals surface area contributed by atoms with Gasteiger partial charge < -0.3 is 4.57 Å². The topological polar surface area (TPSA) is 54.9 Å². The third-order valence-corrected chi connectivity index (χ3v) is 6.46. The molecule has 0 bridgehead atoms. The standard InChI is InChI=1S/C20H34N2O2S2/c1-15(2)14-20(5,16(3)4)18(23)26-13-9-7-6-8-11-22-12-10-17(25)21-19(22)24/h10,12,15-16H,6-9,11,13-14H2,1-5H3,(H,21,24,25). The molecule has 1 aromatic rings. The summed E-state index contributed by atoms with van der Waals surface area (Å²) in [5, 5.41) is 0.340. The van der Waals surface area contributed by atoms with E-state index in [4.69, 9.17) is 12.2 Å². The van der Waals surface area contributed by atoms with Crippen molar-refractivity contribution in [3.05, 3.63) is 27.4 Å². The first-order valence-corrected chi connectivity index (χ1v) is 11.0. The Labute approximate surface area is 167 Å². The molecule has 0 amide bonds. The number of aromatic nitrogens is 2. The van der Waals surface area contributed by atoms with Crippen molar-refractivity contribution >= 4 is 29.1 Å². The first-order chi connectivity index (χ1) is 12.2. The second-order valence-corrected chi connectivity index (χ2v) is 9.53. The molecule has 0 fully saturated rings. The molecule has 4 nitrogen and oxygen atoms in total. The highest BCUT2D eigenvalue weighted by atomic mass is 32.2. The molecule has 1 aromatic heterocycles. The number of H-pyrrole nitrogens is 1. The Morgan fingerprint density at radius 1 is 1.23 bits per heavy atom. The second kappa shape index (κ2) is 11.1. The monoisotopic (exact) mass is 398 g/mol. The van der Waals surface area contributed by atoms with Crippen LogP contribution in [0.1, 0.15) is 66.7 Å². The molecule has 1 unspecified atom stereocenters. The lowest BCUT2D eigenvalue weighted by atomic mass is 9.74. The zero-order chi connectivity index (χ0) is 19.7. The van der Waals surface area contributed by atoms with Gasteiger partial charge in [0.05, 0.1) is 0 Å². The molecule has 1 N–H and O–H groups in total. The number of hydrogen-bond acceptors (Lipinski definition) is 4. The number of nitrogens with one attached hydrogen (secondary N) is 1. The molecule has 26 heavy (non-hydrogen) atoms. The van der Waals surface area contributed by atoms with E-state index in [9.17, 15) is 9.59 Å². The van der Waals surface area contributed by atoms with Crippen molar-refractivity contribution < 1.29 is 4.79 Å². The van der Waals surface area contributed by atoms with Crippen LogP contribution in [0.2, 0.25) is 0 Å². The summed E-state index contributed by atoms with van der Waals surface area (Å²) in [6.07, 6.45) is 6.84. The Morgan fingerprint density at radius 2 is 1.88 bits per heavy atom. The van der Waals surface area contributed by atoms with Gasteiger partial charge in [-0.15, -0.1) is 0 Å². The van der Waals surface area contributed by atoms with E-state index in [0.717, 1.165) is 37.9 Å². The number of carbonyl (C=O) groups is 1. The number of unbranched alkanes of at least 4 members (excludes halogenated alkanes) is 3. The SMILES string of the molecule is CC(C)CC(C)(C(=O)SCCCCCCn1ccc(=S)[nH]c1=O)C(C)C. The van der Waals surface area contributed by atoms with E-state index in [1.807, 2.05) is 0 Å². The summed E-state index contributed by atoms with van der Waals surface area (Å²) in [5.74, 6) is 1.78. The van der Waals surface area contributed by atoms with E-state index in [2.05, 4.69) is 39.6 Å². The van der Waals surface area contributed by atoms with Crippen LogP contribution in [-0.4, -0.2) is 20.4 Å². The molecule has 6 heteroatoms. The number of carbonyl (C=O) groups excluding carboxylic acids is 1. The van der Waals surface area contributed by atoms with Gasteiger partial charge in [-0.05, 0) is 37.2 Å². The number of hydrogen-bond donors (Lipinski definition) is 1. The van der Waals surface area contributed by atoms with Gasteiger partial charge in [0, 0.05) is 23.9 Å². The minimum absolute atomic E-state index is 0.142. The van der Waals surface area contributed by atoms with Crippen molar-refractivity contribution in [2.24, 2.45) is 17.3 Å². The van der Waals surface area contributed by atoms with Gasteiger partial charge >= 0.3 is 5.69 Å². The summed E-state index contributed by atoms with van der Waals surface area (Å²) in [4.78, 5) is 27.0. The van der Waals surface area contributed by atoms with Crippen molar-refractivity contribution in [2.75, 3.05) is 5.75 Å². The van der Waals surface area contributed by atoms with E-state index in [1.165, 1.54) is 11.8 Å². The van der Waals surface area contributed by atoms with Gasteiger partial charge in [0.2, 0.25) is 0 Å². The maximum atomic E-state index is 12.7. The molecule has 0 aliphatic rings. The van der Waals surface area contributed by atoms with Crippen LogP contribution in [0.4, 0.5) is 0 Å². The largest absolute Gasteiger partial charge is 0.326 e. The molecule has 0 aromatic carbocycles. The number of thioether (sulfide) groups is 1. The van der Waals surface area contributed by atoms with Crippen LogP contribution < -0.4 is 5.69 Å². The van der Waals surface area contributed by atoms with Gasteiger partial charge in [-0.2, -0.15) is 0 Å². The molecule has 0 radical (unpaired) electrons. The molecular weight excluding hydrogens is 364 g/mol. The Bertz CT molecular complexity index is 679. The summed E-state index contributed by atoms with van der Waals surface area (Å²) in [5.41, 5.74) is -0.371. The highest BCUT2D eigenvalue weighted by Crippen LogP contribution is 2.38. The van der Waals surface area contributed by atoms with Crippen LogP contribution in [0.15, 0.2) is 17.1 Å². The van der Waals surface area contributed by atoms with Crippen LogP contribution in [0, 0.1) is 21.9 Å². The maximum absolute atomic E-state index is 12.7. The molecular formula is C20H34N2O2S2. The number of aromatic amines is 1. The normalized spacial score (nSPS) is 14.0. The Hall–Kier alpha value is -0.880. The first kappa shape index (κ1) is 23.2. The lowest BCUT2D eigenvalue weighted by molar-refractivity contribution is -0.122. The number of nitrogens with zero attached hydrogens (tertiary/aromatic N) is 1. The van der Waals surface area contributed by atoms with Crippen LogP contribution in [-0.2, 0) is 11.3 Å². The van der Waals surface area contributed by atoms with Crippen molar-refractivity contribution in [3.63, 3.8) is 0 Å². The van der Waals surface area contributed by atoms with Gasteiger partial charge in [0.25, 0.3) is 0 Å². The quantitative estimate of drug-likeness (QED) is 0.399. The predicted octanol–water partition coefficient (Wildman–Crippen LogP) is 5.43. The molecule has 148 valence electrons. The molecule has 0 spiro atoms. The highest BCUT2D eigenvalue weighted by molar-refractivity contribution is 8.13. The van der Waals surface area contributed by atoms with Gasteiger partial charge in [-0.3, -0.25) is 9.78 Å². The lowest BCUT2D eigenvalue weighted by Crippen LogP contribution is -2.33. The molecule has 0 saturated heterocycles. The minimum atomic E-state index is -0.229. The average Bonchev–Trinajstić information content (AvgIpc) is 2.54. The molecule has 0 saturated carbocycles. The smallest absolute Gasteiger partial charge is 0.301 e. The summed E-state index contributed by atoms with van der Waals surface area (Å²) >= 11 is 6.43. The molecule has 1 atom stereocenters. The van der Waals surface area contributed by atoms with E-state index in [-0.39, 0.29) is 11.1 Å². The summed E-state index contributed by atoms with van der Waals surface area (Å²) in [6.45, 7) is 11.5. The number of aryl methyl sites for hydroxylation is 1. The summed E-state index contributed by atoms with van der Waals surface area (Å²) in [6, 6.07) is 1.74. The molecule has 1 rings (SSSR count). The van der Waals surface area contributed by atoms with E-state index in [0.29, 0.717) is 28.1 Å². The van der Waals surface area contributed by atoms with Crippen molar-refractivity contribution in [1.29, 1.82) is 0 Å². The average molecular weight is 399 g/mol. The van der Waals surface area contributed by atoms with Gasteiger partial charge in [0.1, 0.15) is 4.64 Å². The van der Waals surface area contributed by atoms with Crippen LogP contribution in [0.3, 0.4) is 0 Å². The third kappa shape index (κ3) is 7.39. The second-order valence-electron chi connectivity index (χ2n) is 8.02. The third-order valence-electron chi connectivity index (χ3n) is 5.00. The summed E-state index contributed by atoms with van der Waals surface area (Å²) < 4.78 is 2.13. The number of rotatable bonds is 11. The first-order valence-electron chi connectivity index (χ1n) is 9.64. The zero-order valence-corrected chi connectivity index (χ0v) is 18.5. The van der Waals surface area contributed by atoms with E-state index < -0.39 is 0 Å². The van der Waals surface area contributed by atoms with Gasteiger partial charge in [-0.1, -0.05) is 71.4 Å². The Balaban J connectivity index is 2.28. The molecule has 0 aliphatic carbocycles. The van der Waals surface area contributed by atoms with Crippen LogP contribution >= 0.6 is 24.0 Å². The Morgan fingerprint density at radius 3 is 2.46 bits per heavy atom. The highest BCUT2D eigenvalue weighted by Gasteiger charge is 2.36. The predicted molar refractivity (Wildman–Crippen MR) is 114 cm³/mol.